The second-order valence-electron chi connectivity index (χ2n) is 4.91. The first-order valence-electron chi connectivity index (χ1n) is 6.82. The first kappa shape index (κ1) is 18.4. The van der Waals surface area contributed by atoms with E-state index in [2.05, 4.69) is 9.01 Å². The van der Waals surface area contributed by atoms with Crippen molar-refractivity contribution in [1.82, 2.24) is 4.72 Å². The molecule has 0 saturated heterocycles. The number of nitrogen functional groups attached to an aromatic ring is 1. The van der Waals surface area contributed by atoms with Gasteiger partial charge in [-0.05, 0) is 48.4 Å². The Morgan fingerprint density at radius 1 is 0.875 bits per heavy atom. The van der Waals surface area contributed by atoms with E-state index in [0.717, 1.165) is 5.56 Å². The van der Waals surface area contributed by atoms with E-state index < -0.39 is 20.1 Å². The molecule has 5 N–H and O–H groups in total. The molecule has 2 aromatic carbocycles. The van der Waals surface area contributed by atoms with Crippen molar-refractivity contribution >= 4 is 25.8 Å². The predicted molar refractivity (Wildman–Crippen MR) is 88.6 cm³/mol. The van der Waals surface area contributed by atoms with Crippen molar-refractivity contribution in [3.05, 3.63) is 54.1 Å². The molecule has 0 aromatic heterocycles. The average Bonchev–Trinajstić information content (AvgIpc) is 2.55. The minimum absolute atomic E-state index is 0.0730. The number of hydrogen-bond acceptors (Lipinski definition) is 7. The van der Waals surface area contributed by atoms with Gasteiger partial charge in [0, 0.05) is 12.2 Å². The monoisotopic (exact) mass is 371 g/mol. The molecule has 8 nitrogen and oxygen atoms in total. The number of nitrogens with two attached hydrogens (primary N) is 2. The number of benzene rings is 2. The van der Waals surface area contributed by atoms with Gasteiger partial charge in [0.05, 0.1) is 9.79 Å². The summed E-state index contributed by atoms with van der Waals surface area (Å²) in [5.41, 5.74) is 6.76. The molecule has 0 heterocycles. The SMILES string of the molecule is NOS(=O)(=O)c1ccc(CCNS(=O)(=O)c2ccc(N)cc2)cc1. The van der Waals surface area contributed by atoms with Gasteiger partial charge in [0.2, 0.25) is 10.0 Å². The largest absolute Gasteiger partial charge is 0.399 e. The van der Waals surface area contributed by atoms with E-state index in [1.807, 2.05) is 0 Å². The Bertz CT molecular complexity index is 892. The lowest BCUT2D eigenvalue weighted by molar-refractivity contribution is 0.333. The first-order chi connectivity index (χ1) is 11.2. The molecule has 24 heavy (non-hydrogen) atoms. The maximum absolute atomic E-state index is 12.1. The van der Waals surface area contributed by atoms with Crippen molar-refractivity contribution in [1.29, 1.82) is 0 Å². The molecule has 10 heteroatoms. The Labute approximate surface area is 140 Å². The quantitative estimate of drug-likeness (QED) is 0.471. The summed E-state index contributed by atoms with van der Waals surface area (Å²) in [4.78, 5) is 0.0504. The minimum atomic E-state index is -3.94. The van der Waals surface area contributed by atoms with Crippen molar-refractivity contribution in [2.45, 2.75) is 16.2 Å². The number of nitrogens with one attached hydrogen (secondary N) is 1. The molecule has 0 radical (unpaired) electrons. The number of anilines is 1. The molecule has 2 aromatic rings. The van der Waals surface area contributed by atoms with E-state index >= 15 is 0 Å². The van der Waals surface area contributed by atoms with Gasteiger partial charge in [-0.15, -0.1) is 0 Å². The highest BCUT2D eigenvalue weighted by Crippen LogP contribution is 2.13. The fourth-order valence-corrected chi connectivity index (χ4v) is 3.55. The minimum Gasteiger partial charge on any atom is -0.399 e. The predicted octanol–water partition coefficient (Wildman–Crippen LogP) is 0.369. The number of hydrogen-bond donors (Lipinski definition) is 3. The smallest absolute Gasteiger partial charge is 0.312 e. The Hall–Kier alpha value is -1.98. The lowest BCUT2D eigenvalue weighted by Crippen LogP contribution is -2.26. The molecule has 0 unspecified atom stereocenters. The Morgan fingerprint density at radius 3 is 1.96 bits per heavy atom. The van der Waals surface area contributed by atoms with Gasteiger partial charge < -0.3 is 5.73 Å². The molecule has 0 fully saturated rings. The highest BCUT2D eigenvalue weighted by molar-refractivity contribution is 7.89. The molecule has 130 valence electrons. The fraction of sp³-hybridized carbons (Fsp3) is 0.143. The van der Waals surface area contributed by atoms with Crippen molar-refractivity contribution in [3.63, 3.8) is 0 Å². The van der Waals surface area contributed by atoms with E-state index in [-0.39, 0.29) is 16.3 Å². The lowest BCUT2D eigenvalue weighted by atomic mass is 10.2. The van der Waals surface area contributed by atoms with Crippen molar-refractivity contribution in [3.8, 4) is 0 Å². The molecule has 2 rings (SSSR count). The Kier molecular flexibility index (Phi) is 5.57. The molecule has 0 bridgehead atoms. The van der Waals surface area contributed by atoms with Crippen LogP contribution in [-0.4, -0.2) is 23.4 Å². The highest BCUT2D eigenvalue weighted by Gasteiger charge is 2.14. The zero-order valence-corrected chi connectivity index (χ0v) is 14.2. The van der Waals surface area contributed by atoms with Gasteiger partial charge in [0.15, 0.2) is 0 Å². The molecule has 0 spiro atoms. The van der Waals surface area contributed by atoms with Crippen molar-refractivity contribution in [2.24, 2.45) is 5.90 Å². The van der Waals surface area contributed by atoms with E-state index in [1.165, 1.54) is 36.4 Å². The van der Waals surface area contributed by atoms with Crippen LogP contribution in [0.2, 0.25) is 0 Å². The summed E-state index contributed by atoms with van der Waals surface area (Å²) in [7, 11) is -7.56. The van der Waals surface area contributed by atoms with Crippen molar-refractivity contribution in [2.75, 3.05) is 12.3 Å². The van der Waals surface area contributed by atoms with Gasteiger partial charge in [-0.3, -0.25) is 0 Å². The molecular weight excluding hydrogens is 354 g/mol. The first-order valence-corrected chi connectivity index (χ1v) is 9.71. The summed E-state index contributed by atoms with van der Waals surface area (Å²) in [6, 6.07) is 11.7. The molecule has 0 saturated carbocycles. The second kappa shape index (κ2) is 7.28. The summed E-state index contributed by atoms with van der Waals surface area (Å²) in [5.74, 6) is 4.70. The van der Waals surface area contributed by atoms with Crippen LogP contribution >= 0.6 is 0 Å². The standard InChI is InChI=1S/C14H17N3O5S2/c15-12-3-7-13(8-4-12)23(18,19)17-10-9-11-1-5-14(6-2-11)24(20,21)22-16/h1-8,17H,9-10,15-16H2. The number of rotatable bonds is 7. The van der Waals surface area contributed by atoms with Gasteiger partial charge in [-0.2, -0.15) is 18.6 Å². The van der Waals surface area contributed by atoms with Crippen molar-refractivity contribution < 1.29 is 21.1 Å². The normalized spacial score (nSPS) is 12.2. The van der Waals surface area contributed by atoms with E-state index in [0.29, 0.717) is 12.1 Å². The van der Waals surface area contributed by atoms with Crippen LogP contribution in [0, 0.1) is 0 Å². The Balaban J connectivity index is 1.98. The summed E-state index contributed by atoms with van der Waals surface area (Å²) in [6.45, 7) is 0.159. The Morgan fingerprint density at radius 2 is 1.42 bits per heavy atom. The molecular formula is C14H17N3O5S2. The molecule has 0 aliphatic heterocycles. The van der Waals surface area contributed by atoms with Crippen LogP contribution < -0.4 is 16.4 Å². The summed E-state index contributed by atoms with van der Waals surface area (Å²) in [6.07, 6.45) is 0.387. The maximum atomic E-state index is 12.1. The van der Waals surface area contributed by atoms with Crippen LogP contribution in [0.25, 0.3) is 0 Å². The van der Waals surface area contributed by atoms with Crippen LogP contribution in [0.5, 0.6) is 0 Å². The summed E-state index contributed by atoms with van der Waals surface area (Å²) < 4.78 is 53.4. The second-order valence-corrected chi connectivity index (χ2v) is 8.25. The highest BCUT2D eigenvalue weighted by atomic mass is 32.2. The third-order valence-corrected chi connectivity index (χ3v) is 5.81. The third-order valence-electron chi connectivity index (χ3n) is 3.23. The zero-order chi connectivity index (χ0) is 17.8. The van der Waals surface area contributed by atoms with Crippen LogP contribution in [0.4, 0.5) is 5.69 Å². The van der Waals surface area contributed by atoms with Gasteiger partial charge in [0.1, 0.15) is 0 Å². The number of sulfonamides is 1. The molecule has 0 atom stereocenters. The van der Waals surface area contributed by atoms with Crippen LogP contribution in [0.3, 0.4) is 0 Å². The van der Waals surface area contributed by atoms with E-state index in [4.69, 9.17) is 11.6 Å². The van der Waals surface area contributed by atoms with Crippen LogP contribution in [-0.2, 0) is 30.8 Å². The van der Waals surface area contributed by atoms with Crippen LogP contribution in [0.1, 0.15) is 5.56 Å². The fourth-order valence-electron chi connectivity index (χ4n) is 1.94. The topological polar surface area (TPSA) is 142 Å². The zero-order valence-electron chi connectivity index (χ0n) is 12.5. The van der Waals surface area contributed by atoms with E-state index in [9.17, 15) is 16.8 Å². The summed E-state index contributed by atoms with van der Waals surface area (Å²) >= 11 is 0. The molecule has 0 aliphatic carbocycles. The molecule has 0 amide bonds. The maximum Gasteiger partial charge on any atom is 0.312 e. The van der Waals surface area contributed by atoms with Crippen LogP contribution in [0.15, 0.2) is 58.3 Å². The molecule has 0 aliphatic rings. The van der Waals surface area contributed by atoms with Gasteiger partial charge >= 0.3 is 10.1 Å². The lowest BCUT2D eigenvalue weighted by Gasteiger charge is -2.08. The van der Waals surface area contributed by atoms with Gasteiger partial charge in [-0.1, -0.05) is 12.1 Å². The average molecular weight is 371 g/mol. The van der Waals surface area contributed by atoms with E-state index in [1.54, 1.807) is 12.1 Å². The summed E-state index contributed by atoms with van der Waals surface area (Å²) in [5, 5.41) is 0. The van der Waals surface area contributed by atoms with Gasteiger partial charge in [-0.25, -0.2) is 13.1 Å². The third kappa shape index (κ3) is 4.52. The van der Waals surface area contributed by atoms with Gasteiger partial charge in [0.25, 0.3) is 0 Å².